The number of aliphatic imine (C=N–C) groups is 1. The lowest BCUT2D eigenvalue weighted by Gasteiger charge is -2.21. The molecule has 0 amide bonds. The van der Waals surface area contributed by atoms with E-state index in [4.69, 9.17) is 4.74 Å². The van der Waals surface area contributed by atoms with Crippen molar-refractivity contribution in [1.29, 1.82) is 0 Å². The molecule has 0 unspecified atom stereocenters. The first kappa shape index (κ1) is 20.0. The molecule has 1 aromatic rings. The second-order valence-electron chi connectivity index (χ2n) is 5.60. The van der Waals surface area contributed by atoms with Gasteiger partial charge in [0.1, 0.15) is 5.75 Å². The number of guanidine groups is 1. The molecule has 7 heteroatoms. The summed E-state index contributed by atoms with van der Waals surface area (Å²) in [5.74, 6) is 1.71. The lowest BCUT2D eigenvalue weighted by molar-refractivity contribution is 0.188. The Morgan fingerprint density at radius 2 is 2.26 bits per heavy atom. The fourth-order valence-electron chi connectivity index (χ4n) is 2.74. The quantitative estimate of drug-likeness (QED) is 0.430. The Morgan fingerprint density at radius 3 is 2.83 bits per heavy atom. The van der Waals surface area contributed by atoms with Gasteiger partial charge < -0.3 is 20.1 Å². The van der Waals surface area contributed by atoms with Gasteiger partial charge in [0.05, 0.1) is 25.5 Å². The predicted octanol–water partition coefficient (Wildman–Crippen LogP) is 1.86. The molecule has 1 aromatic heterocycles. The van der Waals surface area contributed by atoms with E-state index in [0.29, 0.717) is 13.1 Å². The van der Waals surface area contributed by atoms with Crippen molar-refractivity contribution in [3.05, 3.63) is 23.0 Å². The molecule has 0 saturated carbocycles. The zero-order chi connectivity index (χ0) is 16.1. The zero-order valence-corrected chi connectivity index (χ0v) is 16.6. The van der Waals surface area contributed by atoms with E-state index in [1.54, 1.807) is 7.11 Å². The minimum absolute atomic E-state index is 0. The number of hydrogen-bond acceptors (Lipinski definition) is 4. The van der Waals surface area contributed by atoms with Crippen molar-refractivity contribution in [1.82, 2.24) is 15.2 Å². The first-order valence-electron chi connectivity index (χ1n) is 7.77. The van der Waals surface area contributed by atoms with Gasteiger partial charge >= 0.3 is 0 Å². The number of likely N-dealkylation sites (tertiary alicyclic amines) is 1. The Hall–Kier alpha value is -1.09. The number of aliphatic hydroxyl groups is 1. The summed E-state index contributed by atoms with van der Waals surface area (Å²) < 4.78 is 5.44. The molecular formula is C16H27IN4O2. The van der Waals surface area contributed by atoms with E-state index in [1.165, 1.54) is 0 Å². The molecule has 1 aliphatic rings. The van der Waals surface area contributed by atoms with Crippen molar-refractivity contribution in [3.8, 4) is 5.75 Å². The highest BCUT2D eigenvalue weighted by Crippen LogP contribution is 2.24. The van der Waals surface area contributed by atoms with Gasteiger partial charge in [-0.3, -0.25) is 4.98 Å². The monoisotopic (exact) mass is 434 g/mol. The maximum absolute atomic E-state index is 9.69. The summed E-state index contributed by atoms with van der Waals surface area (Å²) in [6, 6.07) is 0. The molecule has 0 aliphatic carbocycles. The number of rotatable bonds is 4. The van der Waals surface area contributed by atoms with Gasteiger partial charge in [0.25, 0.3) is 0 Å². The number of β-amino-alcohol motifs (C(OH)–C–C–N with tert-alkyl or cyclic N) is 1. The first-order valence-corrected chi connectivity index (χ1v) is 7.77. The molecule has 6 nitrogen and oxygen atoms in total. The zero-order valence-electron chi connectivity index (χ0n) is 14.3. The largest absolute Gasteiger partial charge is 0.496 e. The van der Waals surface area contributed by atoms with Crippen LogP contribution in [0.3, 0.4) is 0 Å². The second kappa shape index (κ2) is 9.27. The summed E-state index contributed by atoms with van der Waals surface area (Å²) in [6.45, 7) is 8.80. The van der Waals surface area contributed by atoms with Crippen LogP contribution >= 0.6 is 24.0 Å². The van der Waals surface area contributed by atoms with E-state index in [0.717, 1.165) is 48.0 Å². The van der Waals surface area contributed by atoms with Gasteiger partial charge in [-0.2, -0.15) is 0 Å². The molecule has 2 N–H and O–H groups in total. The van der Waals surface area contributed by atoms with Crippen molar-refractivity contribution >= 4 is 29.9 Å². The van der Waals surface area contributed by atoms with E-state index in [1.807, 2.05) is 27.0 Å². The Balaban J connectivity index is 0.00000264. The van der Waals surface area contributed by atoms with Gasteiger partial charge in [-0.15, -0.1) is 24.0 Å². The number of ether oxygens (including phenoxy) is 1. The van der Waals surface area contributed by atoms with Gasteiger partial charge in [-0.05, 0) is 27.2 Å². The van der Waals surface area contributed by atoms with Gasteiger partial charge in [-0.25, -0.2) is 4.99 Å². The number of methoxy groups -OCH3 is 1. The standard InChI is InChI=1S/C16H26N4O2.HI/c1-5-17-16(20-7-6-13(21)10-20)19-9-14-12(3)15(22-4)11(2)8-18-14;/h8,13,21H,5-7,9-10H2,1-4H3,(H,17,19);1H/t13-;/m1./s1. The van der Waals surface area contributed by atoms with Crippen LogP contribution in [0.15, 0.2) is 11.2 Å². The average Bonchev–Trinajstić information content (AvgIpc) is 2.92. The fourth-order valence-corrected chi connectivity index (χ4v) is 2.74. The minimum atomic E-state index is -0.261. The van der Waals surface area contributed by atoms with Gasteiger partial charge in [0.15, 0.2) is 5.96 Å². The molecule has 23 heavy (non-hydrogen) atoms. The number of halogens is 1. The molecule has 1 saturated heterocycles. The van der Waals surface area contributed by atoms with Crippen LogP contribution < -0.4 is 10.1 Å². The topological polar surface area (TPSA) is 70.0 Å². The average molecular weight is 434 g/mol. The lowest BCUT2D eigenvalue weighted by atomic mass is 10.1. The molecular weight excluding hydrogens is 407 g/mol. The number of nitrogens with zero attached hydrogens (tertiary/aromatic N) is 3. The third kappa shape index (κ3) is 4.94. The van der Waals surface area contributed by atoms with Crippen LogP contribution in [-0.4, -0.2) is 53.8 Å². The molecule has 2 heterocycles. The third-order valence-electron chi connectivity index (χ3n) is 3.93. The minimum Gasteiger partial charge on any atom is -0.496 e. The highest BCUT2D eigenvalue weighted by atomic mass is 127. The first-order chi connectivity index (χ1) is 10.6. The van der Waals surface area contributed by atoms with Gasteiger partial charge in [-0.1, -0.05) is 0 Å². The lowest BCUT2D eigenvalue weighted by Crippen LogP contribution is -2.40. The van der Waals surface area contributed by atoms with Gasteiger partial charge in [0.2, 0.25) is 0 Å². The summed E-state index contributed by atoms with van der Waals surface area (Å²) in [5, 5.41) is 13.0. The van der Waals surface area contributed by atoms with E-state index in [-0.39, 0.29) is 30.1 Å². The van der Waals surface area contributed by atoms with E-state index >= 15 is 0 Å². The van der Waals surface area contributed by atoms with E-state index in [9.17, 15) is 5.11 Å². The third-order valence-corrected chi connectivity index (χ3v) is 3.93. The van der Waals surface area contributed by atoms with Crippen LogP contribution in [-0.2, 0) is 6.54 Å². The Morgan fingerprint density at radius 1 is 1.52 bits per heavy atom. The second-order valence-corrected chi connectivity index (χ2v) is 5.60. The molecule has 0 aromatic carbocycles. The van der Waals surface area contributed by atoms with E-state index in [2.05, 4.69) is 20.2 Å². The number of pyridine rings is 1. The normalized spacial score (nSPS) is 17.9. The summed E-state index contributed by atoms with van der Waals surface area (Å²) in [7, 11) is 1.68. The molecule has 1 aliphatic heterocycles. The van der Waals surface area contributed by atoms with E-state index < -0.39 is 0 Å². The molecule has 1 fully saturated rings. The summed E-state index contributed by atoms with van der Waals surface area (Å²) in [4.78, 5) is 11.2. The maximum Gasteiger partial charge on any atom is 0.194 e. The maximum atomic E-state index is 9.69. The van der Waals surface area contributed by atoms with Crippen LogP contribution in [0, 0.1) is 13.8 Å². The number of hydrogen-bond donors (Lipinski definition) is 2. The predicted molar refractivity (Wildman–Crippen MR) is 103 cm³/mol. The number of aromatic nitrogens is 1. The summed E-state index contributed by atoms with van der Waals surface area (Å²) in [6.07, 6.45) is 2.35. The molecule has 1 atom stereocenters. The summed E-state index contributed by atoms with van der Waals surface area (Å²) >= 11 is 0. The number of aryl methyl sites for hydroxylation is 1. The van der Waals surface area contributed by atoms with Crippen molar-refractivity contribution in [3.63, 3.8) is 0 Å². The number of nitrogens with one attached hydrogen (secondary N) is 1. The molecule has 0 spiro atoms. The highest BCUT2D eigenvalue weighted by molar-refractivity contribution is 14.0. The van der Waals surface area contributed by atoms with Crippen LogP contribution in [0.4, 0.5) is 0 Å². The smallest absolute Gasteiger partial charge is 0.194 e. The molecule has 0 bridgehead atoms. The summed E-state index contributed by atoms with van der Waals surface area (Å²) in [5.41, 5.74) is 2.98. The van der Waals surface area contributed by atoms with Gasteiger partial charge in [0, 0.05) is 37.0 Å². The van der Waals surface area contributed by atoms with Crippen LogP contribution in [0.1, 0.15) is 30.2 Å². The number of aliphatic hydroxyl groups excluding tert-OH is 1. The van der Waals surface area contributed by atoms with Crippen molar-refractivity contribution in [2.24, 2.45) is 4.99 Å². The van der Waals surface area contributed by atoms with Crippen LogP contribution in [0.5, 0.6) is 5.75 Å². The molecule has 130 valence electrons. The highest BCUT2D eigenvalue weighted by Gasteiger charge is 2.22. The Labute approximate surface area is 155 Å². The van der Waals surface area contributed by atoms with Crippen molar-refractivity contribution < 1.29 is 9.84 Å². The Kier molecular flexibility index (Phi) is 8.04. The molecule has 0 radical (unpaired) electrons. The SMILES string of the molecule is CCNC(=NCc1ncc(C)c(OC)c1C)N1CC[C@@H](O)C1.I. The van der Waals surface area contributed by atoms with Crippen LogP contribution in [0.25, 0.3) is 0 Å². The fraction of sp³-hybridized carbons (Fsp3) is 0.625. The Bertz CT molecular complexity index is 551. The van der Waals surface area contributed by atoms with Crippen molar-refractivity contribution in [2.45, 2.75) is 39.8 Å². The van der Waals surface area contributed by atoms with Crippen molar-refractivity contribution in [2.75, 3.05) is 26.7 Å². The van der Waals surface area contributed by atoms with Crippen LogP contribution in [0.2, 0.25) is 0 Å². The molecule has 2 rings (SSSR count).